The number of aromatic carboxylic acids is 1. The van der Waals surface area contributed by atoms with Gasteiger partial charge in [0.25, 0.3) is 5.91 Å². The van der Waals surface area contributed by atoms with Crippen molar-refractivity contribution in [2.45, 2.75) is 26.2 Å². The van der Waals surface area contributed by atoms with E-state index < -0.39 is 11.9 Å². The summed E-state index contributed by atoms with van der Waals surface area (Å²) < 4.78 is 6.09. The van der Waals surface area contributed by atoms with Crippen molar-refractivity contribution >= 4 is 33.5 Å². The van der Waals surface area contributed by atoms with Crippen LogP contribution in [0.2, 0.25) is 0 Å². The van der Waals surface area contributed by atoms with Crippen LogP contribution in [-0.2, 0) is 4.79 Å². The Balaban J connectivity index is 1.96. The topological polar surface area (TPSA) is 75.6 Å². The second-order valence-electron chi connectivity index (χ2n) is 5.71. The molecule has 1 amide bonds. The number of hydrogen-bond donors (Lipinski definition) is 2. The smallest absolute Gasteiger partial charge is 0.337 e. The van der Waals surface area contributed by atoms with Gasteiger partial charge in [0.05, 0.1) is 11.3 Å². The van der Waals surface area contributed by atoms with Gasteiger partial charge in [0.2, 0.25) is 0 Å². The van der Waals surface area contributed by atoms with Crippen molar-refractivity contribution in [1.82, 2.24) is 0 Å². The molecule has 5 nitrogen and oxygen atoms in total. The van der Waals surface area contributed by atoms with Crippen LogP contribution in [0.3, 0.4) is 0 Å². The van der Waals surface area contributed by atoms with E-state index in [0.29, 0.717) is 16.1 Å². The van der Waals surface area contributed by atoms with E-state index in [1.807, 2.05) is 24.3 Å². The summed E-state index contributed by atoms with van der Waals surface area (Å²) in [6, 6.07) is 12.3. The minimum atomic E-state index is -1.11. The molecule has 0 aliphatic rings. The number of hydrogen-bond acceptors (Lipinski definition) is 3. The maximum absolute atomic E-state index is 12.0. The number of benzene rings is 2. The summed E-state index contributed by atoms with van der Waals surface area (Å²) in [5.74, 6) is -0.463. The quantitative estimate of drug-likeness (QED) is 0.700. The van der Waals surface area contributed by atoms with Gasteiger partial charge in [-0.3, -0.25) is 4.79 Å². The Labute approximate surface area is 155 Å². The number of carboxylic acids is 1. The SMILES string of the molecule is CC[C@@H](C)c1ccc(OCC(=O)Nc2ccc(Br)cc2C(=O)O)cc1. The predicted molar refractivity (Wildman–Crippen MR) is 100 cm³/mol. The molecule has 0 bridgehead atoms. The Hall–Kier alpha value is -2.34. The van der Waals surface area contributed by atoms with Gasteiger partial charge in [0, 0.05) is 4.47 Å². The highest BCUT2D eigenvalue weighted by Gasteiger charge is 2.13. The van der Waals surface area contributed by atoms with Crippen molar-refractivity contribution in [3.8, 4) is 5.75 Å². The highest BCUT2D eigenvalue weighted by molar-refractivity contribution is 9.10. The molecule has 1 atom stereocenters. The summed E-state index contributed by atoms with van der Waals surface area (Å²) in [6.07, 6.45) is 1.06. The molecule has 6 heteroatoms. The van der Waals surface area contributed by atoms with Crippen LogP contribution in [0.25, 0.3) is 0 Å². The molecule has 0 aliphatic heterocycles. The van der Waals surface area contributed by atoms with E-state index in [9.17, 15) is 14.7 Å². The van der Waals surface area contributed by atoms with Crippen molar-refractivity contribution in [3.63, 3.8) is 0 Å². The Morgan fingerprint density at radius 3 is 2.48 bits per heavy atom. The van der Waals surface area contributed by atoms with Gasteiger partial charge in [0.1, 0.15) is 5.75 Å². The fourth-order valence-corrected chi connectivity index (χ4v) is 2.63. The zero-order chi connectivity index (χ0) is 18.4. The maximum atomic E-state index is 12.0. The van der Waals surface area contributed by atoms with Crippen LogP contribution in [0, 0.1) is 0 Å². The number of ether oxygens (including phenoxy) is 1. The van der Waals surface area contributed by atoms with Crippen molar-refractivity contribution in [2.75, 3.05) is 11.9 Å². The maximum Gasteiger partial charge on any atom is 0.337 e. The molecule has 0 saturated heterocycles. The molecule has 2 rings (SSSR count). The number of halogens is 1. The van der Waals surface area contributed by atoms with E-state index in [2.05, 4.69) is 35.1 Å². The van der Waals surface area contributed by atoms with Crippen LogP contribution < -0.4 is 10.1 Å². The minimum Gasteiger partial charge on any atom is -0.484 e. The van der Waals surface area contributed by atoms with Gasteiger partial charge >= 0.3 is 5.97 Å². The Morgan fingerprint density at radius 1 is 1.20 bits per heavy atom. The van der Waals surface area contributed by atoms with Gasteiger partial charge in [-0.2, -0.15) is 0 Å². The van der Waals surface area contributed by atoms with E-state index in [4.69, 9.17) is 4.74 Å². The Morgan fingerprint density at radius 2 is 1.88 bits per heavy atom. The standard InChI is InChI=1S/C19H20BrNO4/c1-3-12(2)13-4-7-15(8-5-13)25-11-18(22)21-17-9-6-14(20)10-16(17)19(23)24/h4-10,12H,3,11H2,1-2H3,(H,21,22)(H,23,24)/t12-/m1/s1. The monoisotopic (exact) mass is 405 g/mol. The fourth-order valence-electron chi connectivity index (χ4n) is 2.27. The lowest BCUT2D eigenvalue weighted by Crippen LogP contribution is -2.21. The zero-order valence-electron chi connectivity index (χ0n) is 14.1. The fraction of sp³-hybridized carbons (Fsp3) is 0.263. The van der Waals surface area contributed by atoms with Gasteiger partial charge in [-0.05, 0) is 48.2 Å². The van der Waals surface area contributed by atoms with Crippen LogP contribution in [0.15, 0.2) is 46.9 Å². The molecular weight excluding hydrogens is 386 g/mol. The van der Waals surface area contributed by atoms with Crippen molar-refractivity contribution in [2.24, 2.45) is 0 Å². The third-order valence-corrected chi connectivity index (χ3v) is 4.41. The summed E-state index contributed by atoms with van der Waals surface area (Å²) in [5, 5.41) is 11.8. The van der Waals surface area contributed by atoms with Gasteiger partial charge < -0.3 is 15.2 Å². The van der Waals surface area contributed by atoms with Crippen LogP contribution in [0.1, 0.15) is 42.1 Å². The lowest BCUT2D eigenvalue weighted by molar-refractivity contribution is -0.118. The van der Waals surface area contributed by atoms with Crippen molar-refractivity contribution in [3.05, 3.63) is 58.1 Å². The van der Waals surface area contributed by atoms with Gasteiger partial charge in [0.15, 0.2) is 6.61 Å². The molecule has 0 radical (unpaired) electrons. The number of anilines is 1. The molecule has 25 heavy (non-hydrogen) atoms. The number of rotatable bonds is 7. The van der Waals surface area contributed by atoms with E-state index in [-0.39, 0.29) is 17.9 Å². The van der Waals surface area contributed by atoms with E-state index in [1.165, 1.54) is 17.7 Å². The first kappa shape index (κ1) is 19.0. The molecule has 2 aromatic carbocycles. The zero-order valence-corrected chi connectivity index (χ0v) is 15.7. The van der Waals surface area contributed by atoms with E-state index in [0.717, 1.165) is 6.42 Å². The average Bonchev–Trinajstić information content (AvgIpc) is 2.61. The van der Waals surface area contributed by atoms with Crippen molar-refractivity contribution in [1.29, 1.82) is 0 Å². The van der Waals surface area contributed by atoms with Gasteiger partial charge in [-0.1, -0.05) is 41.9 Å². The summed E-state index contributed by atoms with van der Waals surface area (Å²) in [5.41, 5.74) is 1.47. The largest absolute Gasteiger partial charge is 0.484 e. The number of carbonyl (C=O) groups is 2. The molecule has 0 aliphatic carbocycles. The normalized spacial score (nSPS) is 11.6. The lowest BCUT2D eigenvalue weighted by atomic mass is 9.99. The van der Waals surface area contributed by atoms with E-state index in [1.54, 1.807) is 6.07 Å². The Kier molecular flexibility index (Phi) is 6.58. The molecule has 2 aromatic rings. The highest BCUT2D eigenvalue weighted by Crippen LogP contribution is 2.22. The first-order valence-corrected chi connectivity index (χ1v) is 8.75. The number of carboxylic acid groups (broad SMARTS) is 1. The molecule has 2 N–H and O–H groups in total. The Bertz CT molecular complexity index is 759. The van der Waals surface area contributed by atoms with Gasteiger partial charge in [-0.15, -0.1) is 0 Å². The molecule has 0 aromatic heterocycles. The molecule has 0 spiro atoms. The van der Waals surface area contributed by atoms with E-state index >= 15 is 0 Å². The third kappa shape index (κ3) is 5.32. The van der Waals surface area contributed by atoms with Gasteiger partial charge in [-0.25, -0.2) is 4.79 Å². The number of amides is 1. The molecular formula is C19H20BrNO4. The second-order valence-corrected chi connectivity index (χ2v) is 6.63. The summed E-state index contributed by atoms with van der Waals surface area (Å²) in [6.45, 7) is 4.09. The molecule has 132 valence electrons. The molecule has 0 fully saturated rings. The second kappa shape index (κ2) is 8.67. The summed E-state index contributed by atoms with van der Waals surface area (Å²) in [7, 11) is 0. The molecule has 0 unspecified atom stereocenters. The first-order valence-electron chi connectivity index (χ1n) is 7.96. The van der Waals surface area contributed by atoms with Crippen LogP contribution in [0.4, 0.5) is 5.69 Å². The third-order valence-electron chi connectivity index (χ3n) is 3.92. The molecule has 0 heterocycles. The average molecular weight is 406 g/mol. The number of nitrogens with one attached hydrogen (secondary N) is 1. The van der Waals surface area contributed by atoms with Crippen LogP contribution in [-0.4, -0.2) is 23.6 Å². The summed E-state index contributed by atoms with van der Waals surface area (Å²) >= 11 is 3.21. The molecule has 0 saturated carbocycles. The van der Waals surface area contributed by atoms with Crippen LogP contribution in [0.5, 0.6) is 5.75 Å². The lowest BCUT2D eigenvalue weighted by Gasteiger charge is -2.12. The van der Waals surface area contributed by atoms with Crippen LogP contribution >= 0.6 is 15.9 Å². The predicted octanol–water partition coefficient (Wildman–Crippen LogP) is 4.68. The highest BCUT2D eigenvalue weighted by atomic mass is 79.9. The minimum absolute atomic E-state index is 0.0145. The summed E-state index contributed by atoms with van der Waals surface area (Å²) in [4.78, 5) is 23.3. The number of carbonyl (C=O) groups excluding carboxylic acids is 1. The van der Waals surface area contributed by atoms with Crippen molar-refractivity contribution < 1.29 is 19.4 Å². The first-order chi connectivity index (χ1) is 11.9.